The molecule has 0 radical (unpaired) electrons. The molecule has 0 unspecified atom stereocenters. The Morgan fingerprint density at radius 1 is 1.13 bits per heavy atom. The summed E-state index contributed by atoms with van der Waals surface area (Å²) in [5.74, 6) is -0.729. The topological polar surface area (TPSA) is 48.4 Å². The molecule has 0 N–H and O–H groups in total. The SMILES string of the molecule is CCOC(=O)c1csc(Cc2cc(C(F)(F)F)ccc2OCc2ccc(F)cc2)n1. The van der Waals surface area contributed by atoms with Crippen molar-refractivity contribution in [2.45, 2.75) is 26.1 Å². The number of nitrogens with zero attached hydrogens (tertiary/aromatic N) is 1. The van der Waals surface area contributed by atoms with Gasteiger partial charge in [0.1, 0.15) is 18.2 Å². The van der Waals surface area contributed by atoms with Gasteiger partial charge in [-0.15, -0.1) is 11.3 Å². The number of hydrogen-bond donors (Lipinski definition) is 0. The van der Waals surface area contributed by atoms with Crippen LogP contribution in [0.1, 0.15) is 39.1 Å². The molecule has 9 heteroatoms. The van der Waals surface area contributed by atoms with Gasteiger partial charge >= 0.3 is 12.1 Å². The van der Waals surface area contributed by atoms with Crippen LogP contribution in [0.25, 0.3) is 0 Å². The summed E-state index contributed by atoms with van der Waals surface area (Å²) >= 11 is 1.15. The van der Waals surface area contributed by atoms with Crippen molar-refractivity contribution in [1.82, 2.24) is 4.98 Å². The van der Waals surface area contributed by atoms with Gasteiger partial charge in [0.25, 0.3) is 0 Å². The smallest absolute Gasteiger partial charge is 0.416 e. The fourth-order valence-corrected chi connectivity index (χ4v) is 3.42. The second kappa shape index (κ2) is 9.25. The van der Waals surface area contributed by atoms with E-state index in [0.717, 1.165) is 23.5 Å². The number of ether oxygens (including phenoxy) is 2. The van der Waals surface area contributed by atoms with Crippen LogP contribution in [0.15, 0.2) is 47.8 Å². The van der Waals surface area contributed by atoms with Gasteiger partial charge in [-0.25, -0.2) is 14.2 Å². The van der Waals surface area contributed by atoms with Crippen LogP contribution in [-0.2, 0) is 23.9 Å². The zero-order chi connectivity index (χ0) is 21.7. The summed E-state index contributed by atoms with van der Waals surface area (Å²) in [6, 6.07) is 8.82. The molecule has 1 heterocycles. The highest BCUT2D eigenvalue weighted by atomic mass is 32.1. The molecular weight excluding hydrogens is 422 g/mol. The third-order valence-electron chi connectivity index (χ3n) is 4.07. The molecule has 0 atom stereocenters. The minimum absolute atomic E-state index is 0.0484. The van der Waals surface area contributed by atoms with Crippen LogP contribution in [0.3, 0.4) is 0 Å². The molecule has 0 saturated heterocycles. The summed E-state index contributed by atoms with van der Waals surface area (Å²) in [6.45, 7) is 1.92. The molecule has 3 rings (SSSR count). The van der Waals surface area contributed by atoms with Gasteiger partial charge in [0.05, 0.1) is 17.2 Å². The lowest BCUT2D eigenvalue weighted by Gasteiger charge is -2.14. The number of carbonyl (C=O) groups is 1. The first kappa shape index (κ1) is 21.8. The van der Waals surface area contributed by atoms with E-state index in [1.165, 1.54) is 35.7 Å². The van der Waals surface area contributed by atoms with Crippen molar-refractivity contribution in [3.8, 4) is 5.75 Å². The summed E-state index contributed by atoms with van der Waals surface area (Å²) in [5.41, 5.74) is 0.240. The largest absolute Gasteiger partial charge is 0.489 e. The number of rotatable bonds is 7. The first-order chi connectivity index (χ1) is 14.3. The first-order valence-corrected chi connectivity index (χ1v) is 9.83. The Balaban J connectivity index is 1.84. The monoisotopic (exact) mass is 439 g/mol. The van der Waals surface area contributed by atoms with E-state index in [-0.39, 0.29) is 36.6 Å². The summed E-state index contributed by atoms with van der Waals surface area (Å²) in [5, 5.41) is 1.95. The average Bonchev–Trinajstić information content (AvgIpc) is 3.16. The Bertz CT molecular complexity index is 1020. The van der Waals surface area contributed by atoms with Gasteiger partial charge in [-0.3, -0.25) is 0 Å². The van der Waals surface area contributed by atoms with E-state index >= 15 is 0 Å². The Labute approximate surface area is 174 Å². The van der Waals surface area contributed by atoms with Crippen molar-refractivity contribution in [1.29, 1.82) is 0 Å². The predicted molar refractivity (Wildman–Crippen MR) is 103 cm³/mol. The number of benzene rings is 2. The van der Waals surface area contributed by atoms with Crippen LogP contribution >= 0.6 is 11.3 Å². The molecular formula is C21H17F4NO3S. The lowest BCUT2D eigenvalue weighted by molar-refractivity contribution is -0.137. The van der Waals surface area contributed by atoms with Gasteiger partial charge in [-0.05, 0) is 42.8 Å². The highest BCUT2D eigenvalue weighted by molar-refractivity contribution is 7.09. The molecule has 3 aromatic rings. The van der Waals surface area contributed by atoms with Crippen LogP contribution in [-0.4, -0.2) is 17.6 Å². The Morgan fingerprint density at radius 2 is 1.87 bits per heavy atom. The quantitative estimate of drug-likeness (QED) is 0.353. The predicted octanol–water partition coefficient (Wildman–Crippen LogP) is 5.65. The van der Waals surface area contributed by atoms with Gasteiger partial charge in [-0.2, -0.15) is 13.2 Å². The van der Waals surface area contributed by atoms with E-state index in [1.807, 2.05) is 0 Å². The van der Waals surface area contributed by atoms with Crippen LogP contribution in [0.5, 0.6) is 5.75 Å². The standard InChI is InChI=1S/C21H17F4NO3S/c1-2-28-20(27)17-12-30-19(26-17)10-14-9-15(21(23,24)25)5-8-18(14)29-11-13-3-6-16(22)7-4-13/h3-9,12H,2,10-11H2,1H3. The van der Waals surface area contributed by atoms with Crippen LogP contribution in [0, 0.1) is 5.82 Å². The minimum Gasteiger partial charge on any atom is -0.489 e. The van der Waals surface area contributed by atoms with E-state index in [1.54, 1.807) is 6.92 Å². The fourth-order valence-electron chi connectivity index (χ4n) is 2.63. The maximum absolute atomic E-state index is 13.2. The molecule has 0 aliphatic carbocycles. The van der Waals surface area contributed by atoms with Gasteiger partial charge in [0.2, 0.25) is 0 Å². The first-order valence-electron chi connectivity index (χ1n) is 8.95. The maximum atomic E-state index is 13.2. The summed E-state index contributed by atoms with van der Waals surface area (Å²) in [6.07, 6.45) is -4.46. The molecule has 0 fully saturated rings. The van der Waals surface area contributed by atoms with Gasteiger partial charge in [0, 0.05) is 17.4 Å². The van der Waals surface area contributed by atoms with Gasteiger partial charge in [-0.1, -0.05) is 12.1 Å². The Hall–Kier alpha value is -2.94. The number of aromatic nitrogens is 1. The number of thiazole rings is 1. The van der Waals surface area contributed by atoms with E-state index in [4.69, 9.17) is 9.47 Å². The van der Waals surface area contributed by atoms with Gasteiger partial charge < -0.3 is 9.47 Å². The van der Waals surface area contributed by atoms with Crippen molar-refractivity contribution in [2.75, 3.05) is 6.61 Å². The number of carbonyl (C=O) groups excluding carboxylic acids is 1. The molecule has 1 aromatic heterocycles. The van der Waals surface area contributed by atoms with Crippen molar-refractivity contribution in [3.63, 3.8) is 0 Å². The maximum Gasteiger partial charge on any atom is 0.416 e. The normalized spacial score (nSPS) is 11.4. The molecule has 30 heavy (non-hydrogen) atoms. The minimum atomic E-state index is -4.51. The number of hydrogen-bond acceptors (Lipinski definition) is 5. The summed E-state index contributed by atoms with van der Waals surface area (Å²) < 4.78 is 63.1. The zero-order valence-electron chi connectivity index (χ0n) is 15.8. The average molecular weight is 439 g/mol. The highest BCUT2D eigenvalue weighted by Crippen LogP contribution is 2.34. The molecule has 0 amide bonds. The summed E-state index contributed by atoms with van der Waals surface area (Å²) in [7, 11) is 0. The van der Waals surface area contributed by atoms with Crippen molar-refractivity contribution >= 4 is 17.3 Å². The van der Waals surface area contributed by atoms with Crippen molar-refractivity contribution in [2.24, 2.45) is 0 Å². The van der Waals surface area contributed by atoms with E-state index < -0.39 is 23.5 Å². The van der Waals surface area contributed by atoms with Gasteiger partial charge in [0.15, 0.2) is 5.69 Å². The third kappa shape index (κ3) is 5.56. The molecule has 2 aromatic carbocycles. The van der Waals surface area contributed by atoms with E-state index in [9.17, 15) is 22.4 Å². The Morgan fingerprint density at radius 3 is 2.53 bits per heavy atom. The van der Waals surface area contributed by atoms with E-state index in [2.05, 4.69) is 4.98 Å². The van der Waals surface area contributed by atoms with Crippen molar-refractivity contribution in [3.05, 3.63) is 81.1 Å². The highest BCUT2D eigenvalue weighted by Gasteiger charge is 2.31. The molecule has 4 nitrogen and oxygen atoms in total. The zero-order valence-corrected chi connectivity index (χ0v) is 16.6. The molecule has 158 valence electrons. The second-order valence-corrected chi connectivity index (χ2v) is 7.20. The fraction of sp³-hybridized carbons (Fsp3) is 0.238. The second-order valence-electron chi connectivity index (χ2n) is 6.26. The molecule has 0 bridgehead atoms. The van der Waals surface area contributed by atoms with Crippen molar-refractivity contribution < 1.29 is 31.8 Å². The molecule has 0 aliphatic heterocycles. The summed E-state index contributed by atoms with van der Waals surface area (Å²) in [4.78, 5) is 15.9. The lowest BCUT2D eigenvalue weighted by Crippen LogP contribution is -2.08. The number of halogens is 4. The number of esters is 1. The van der Waals surface area contributed by atoms with Crippen LogP contribution < -0.4 is 4.74 Å². The number of alkyl halides is 3. The lowest BCUT2D eigenvalue weighted by atomic mass is 10.1. The Kier molecular flexibility index (Phi) is 6.71. The molecule has 0 spiro atoms. The van der Waals surface area contributed by atoms with Crippen LogP contribution in [0.2, 0.25) is 0 Å². The molecule has 0 saturated carbocycles. The molecule has 0 aliphatic rings. The van der Waals surface area contributed by atoms with E-state index in [0.29, 0.717) is 10.6 Å². The third-order valence-corrected chi connectivity index (χ3v) is 4.92. The van der Waals surface area contributed by atoms with Crippen LogP contribution in [0.4, 0.5) is 17.6 Å².